The van der Waals surface area contributed by atoms with Gasteiger partial charge in [0.15, 0.2) is 11.9 Å². The van der Waals surface area contributed by atoms with Crippen molar-refractivity contribution in [3.05, 3.63) is 61.0 Å². The van der Waals surface area contributed by atoms with Gasteiger partial charge in [-0.25, -0.2) is 9.78 Å². The van der Waals surface area contributed by atoms with Crippen LogP contribution >= 0.6 is 11.3 Å². The van der Waals surface area contributed by atoms with Crippen LogP contribution in [0.2, 0.25) is 0 Å². The molecule has 1 atom stereocenters. The predicted octanol–water partition coefficient (Wildman–Crippen LogP) is 3.52. The van der Waals surface area contributed by atoms with Gasteiger partial charge in [0.05, 0.1) is 16.9 Å². The van der Waals surface area contributed by atoms with E-state index < -0.39 is 17.0 Å². The lowest BCUT2D eigenvalue weighted by Crippen LogP contribution is -2.16. The lowest BCUT2D eigenvalue weighted by Gasteiger charge is -2.13. The molecule has 0 radical (unpaired) electrons. The van der Waals surface area contributed by atoms with Gasteiger partial charge in [-0.05, 0) is 38.5 Å². The zero-order valence-electron chi connectivity index (χ0n) is 15.3. The molecule has 0 fully saturated rings. The maximum absolute atomic E-state index is 12.5. The number of nitro groups is 1. The number of benzene rings is 1. The molecule has 1 N–H and O–H groups in total. The normalized spacial score (nSPS) is 12.0. The summed E-state index contributed by atoms with van der Waals surface area (Å²) in [5.41, 5.74) is 0.111. The minimum atomic E-state index is -0.619. The standard InChI is InChI=1S/C18H17N3O6S/c1-4-26-18(23)14-9(2)13-16(22)19-15(20-17(13)28-14)10(3)27-12-7-5-11(6-8-12)21(24)25/h5-8,10H,4H2,1-3H3,(H,19,20,22)/t10-/m0/s1. The monoisotopic (exact) mass is 403 g/mol. The first-order chi connectivity index (χ1) is 13.3. The van der Waals surface area contributed by atoms with Gasteiger partial charge in [0.2, 0.25) is 0 Å². The molecule has 0 bridgehead atoms. The molecule has 3 rings (SSSR count). The zero-order chi connectivity index (χ0) is 20.4. The second kappa shape index (κ2) is 7.77. The van der Waals surface area contributed by atoms with Crippen molar-refractivity contribution < 1.29 is 19.2 Å². The molecule has 0 unspecified atom stereocenters. The molecule has 0 aliphatic rings. The maximum atomic E-state index is 12.5. The largest absolute Gasteiger partial charge is 0.483 e. The van der Waals surface area contributed by atoms with Gasteiger partial charge in [-0.3, -0.25) is 14.9 Å². The molecular formula is C18H17N3O6S. The SMILES string of the molecule is CCOC(=O)c1sc2nc([C@H](C)Oc3ccc([N+](=O)[O-])cc3)[nH]c(=O)c2c1C. The highest BCUT2D eigenvalue weighted by Crippen LogP contribution is 2.29. The fraction of sp³-hybridized carbons (Fsp3) is 0.278. The second-order valence-corrected chi connectivity index (χ2v) is 6.92. The first kappa shape index (κ1) is 19.5. The van der Waals surface area contributed by atoms with Crippen LogP contribution in [0.15, 0.2) is 29.1 Å². The van der Waals surface area contributed by atoms with E-state index in [1.165, 1.54) is 24.3 Å². The third-order valence-corrected chi connectivity index (χ3v) is 5.19. The number of rotatable bonds is 6. The number of aryl methyl sites for hydroxylation is 1. The number of fused-ring (bicyclic) bond motifs is 1. The summed E-state index contributed by atoms with van der Waals surface area (Å²) >= 11 is 1.09. The topological polar surface area (TPSA) is 124 Å². The molecule has 2 heterocycles. The lowest BCUT2D eigenvalue weighted by molar-refractivity contribution is -0.384. The van der Waals surface area contributed by atoms with Crippen LogP contribution in [0.1, 0.15) is 41.0 Å². The number of aromatic nitrogens is 2. The number of nitrogens with one attached hydrogen (secondary N) is 1. The molecule has 0 aliphatic carbocycles. The Bertz CT molecular complexity index is 1100. The number of hydrogen-bond donors (Lipinski definition) is 1. The molecule has 2 aromatic heterocycles. The van der Waals surface area contributed by atoms with E-state index in [4.69, 9.17) is 9.47 Å². The Morgan fingerprint density at radius 1 is 1.36 bits per heavy atom. The van der Waals surface area contributed by atoms with Crippen LogP contribution in [-0.2, 0) is 4.74 Å². The summed E-state index contributed by atoms with van der Waals surface area (Å²) in [5, 5.41) is 11.1. The summed E-state index contributed by atoms with van der Waals surface area (Å²) < 4.78 is 10.7. The Balaban J connectivity index is 1.91. The van der Waals surface area contributed by atoms with E-state index in [1.807, 2.05) is 0 Å². The van der Waals surface area contributed by atoms with Crippen molar-refractivity contribution in [3.8, 4) is 5.75 Å². The molecule has 3 aromatic rings. The minimum Gasteiger partial charge on any atom is -0.483 e. The van der Waals surface area contributed by atoms with Crippen molar-refractivity contribution in [1.29, 1.82) is 0 Å². The third-order valence-electron chi connectivity index (χ3n) is 4.03. The summed E-state index contributed by atoms with van der Waals surface area (Å²) in [6.45, 7) is 5.32. The molecule has 9 nitrogen and oxygen atoms in total. The first-order valence-electron chi connectivity index (χ1n) is 8.43. The maximum Gasteiger partial charge on any atom is 0.348 e. The number of nitrogens with zero attached hydrogens (tertiary/aromatic N) is 2. The van der Waals surface area contributed by atoms with E-state index >= 15 is 0 Å². The molecule has 0 amide bonds. The highest BCUT2D eigenvalue weighted by atomic mass is 32.1. The average Bonchev–Trinajstić information content (AvgIpc) is 2.99. The number of hydrogen-bond acceptors (Lipinski definition) is 8. The summed E-state index contributed by atoms with van der Waals surface area (Å²) in [5.74, 6) is 0.196. The fourth-order valence-corrected chi connectivity index (χ4v) is 3.73. The van der Waals surface area contributed by atoms with Crippen LogP contribution in [0.25, 0.3) is 10.2 Å². The number of esters is 1. The Morgan fingerprint density at radius 3 is 2.64 bits per heavy atom. The van der Waals surface area contributed by atoms with E-state index in [0.717, 1.165) is 11.3 Å². The number of carbonyl (C=O) groups is 1. The van der Waals surface area contributed by atoms with Crippen LogP contribution in [0.4, 0.5) is 5.69 Å². The van der Waals surface area contributed by atoms with Gasteiger partial charge in [0, 0.05) is 12.1 Å². The van der Waals surface area contributed by atoms with Crippen LogP contribution in [-0.4, -0.2) is 27.5 Å². The molecule has 0 aliphatic heterocycles. The van der Waals surface area contributed by atoms with E-state index in [-0.39, 0.29) is 23.7 Å². The molecule has 28 heavy (non-hydrogen) atoms. The average molecular weight is 403 g/mol. The van der Waals surface area contributed by atoms with Crippen LogP contribution in [0.3, 0.4) is 0 Å². The quantitative estimate of drug-likeness (QED) is 0.379. The van der Waals surface area contributed by atoms with Gasteiger partial charge in [-0.15, -0.1) is 11.3 Å². The van der Waals surface area contributed by atoms with Crippen molar-refractivity contribution in [2.24, 2.45) is 0 Å². The van der Waals surface area contributed by atoms with Gasteiger partial charge in [0.1, 0.15) is 15.5 Å². The number of H-pyrrole nitrogens is 1. The van der Waals surface area contributed by atoms with Gasteiger partial charge in [-0.1, -0.05) is 0 Å². The number of non-ortho nitro benzene ring substituents is 1. The van der Waals surface area contributed by atoms with Crippen LogP contribution in [0, 0.1) is 17.0 Å². The smallest absolute Gasteiger partial charge is 0.348 e. The van der Waals surface area contributed by atoms with Gasteiger partial charge in [-0.2, -0.15) is 0 Å². The molecule has 0 saturated carbocycles. The van der Waals surface area contributed by atoms with E-state index in [9.17, 15) is 19.7 Å². The summed E-state index contributed by atoms with van der Waals surface area (Å²) in [6, 6.07) is 5.60. The predicted molar refractivity (Wildman–Crippen MR) is 103 cm³/mol. The Labute approximate surface area is 163 Å². The molecule has 0 spiro atoms. The number of ether oxygens (including phenoxy) is 2. The number of thiophene rings is 1. The first-order valence-corrected chi connectivity index (χ1v) is 9.25. The molecular weight excluding hydrogens is 386 g/mol. The fourth-order valence-electron chi connectivity index (χ4n) is 2.65. The Kier molecular flexibility index (Phi) is 5.41. The number of carbonyl (C=O) groups excluding carboxylic acids is 1. The Hall–Kier alpha value is -3.27. The van der Waals surface area contributed by atoms with Crippen molar-refractivity contribution in [3.63, 3.8) is 0 Å². The second-order valence-electron chi connectivity index (χ2n) is 5.92. The van der Waals surface area contributed by atoms with Gasteiger partial charge >= 0.3 is 5.97 Å². The van der Waals surface area contributed by atoms with Gasteiger partial charge in [0.25, 0.3) is 11.2 Å². The van der Waals surface area contributed by atoms with E-state index in [1.54, 1.807) is 20.8 Å². The van der Waals surface area contributed by atoms with Gasteiger partial charge < -0.3 is 14.5 Å². The highest BCUT2D eigenvalue weighted by molar-refractivity contribution is 7.20. The van der Waals surface area contributed by atoms with E-state index in [0.29, 0.717) is 26.4 Å². The lowest BCUT2D eigenvalue weighted by atomic mass is 10.2. The number of aromatic amines is 1. The van der Waals surface area contributed by atoms with Crippen molar-refractivity contribution >= 4 is 33.2 Å². The Morgan fingerprint density at radius 2 is 2.04 bits per heavy atom. The number of nitro benzene ring substituents is 1. The summed E-state index contributed by atoms with van der Waals surface area (Å²) in [4.78, 5) is 42.7. The highest BCUT2D eigenvalue weighted by Gasteiger charge is 2.21. The van der Waals surface area contributed by atoms with Crippen molar-refractivity contribution in [1.82, 2.24) is 9.97 Å². The summed E-state index contributed by atoms with van der Waals surface area (Å²) in [6.07, 6.45) is -0.619. The van der Waals surface area contributed by atoms with E-state index in [2.05, 4.69) is 9.97 Å². The zero-order valence-corrected chi connectivity index (χ0v) is 16.2. The molecule has 1 aromatic carbocycles. The summed E-state index contributed by atoms with van der Waals surface area (Å²) in [7, 11) is 0. The minimum absolute atomic E-state index is 0.0477. The molecule has 10 heteroatoms. The van der Waals surface area contributed by atoms with Crippen LogP contribution in [0.5, 0.6) is 5.75 Å². The molecule has 0 saturated heterocycles. The third kappa shape index (κ3) is 3.72. The van der Waals surface area contributed by atoms with Crippen molar-refractivity contribution in [2.45, 2.75) is 26.9 Å². The molecule has 146 valence electrons. The van der Waals surface area contributed by atoms with Crippen molar-refractivity contribution in [2.75, 3.05) is 6.61 Å². The van der Waals surface area contributed by atoms with Crippen LogP contribution < -0.4 is 10.3 Å².